The zero-order valence-electron chi connectivity index (χ0n) is 24.5. The highest BCUT2D eigenvalue weighted by molar-refractivity contribution is 5.75. The second-order valence-corrected chi connectivity index (χ2v) is 11.7. The van der Waals surface area contributed by atoms with E-state index in [1.54, 1.807) is 32.4 Å². The number of anilines is 1. The van der Waals surface area contributed by atoms with E-state index in [0.717, 1.165) is 29.0 Å². The first kappa shape index (κ1) is 30.0. The van der Waals surface area contributed by atoms with Crippen molar-refractivity contribution in [2.75, 3.05) is 18.0 Å². The molecule has 10 nitrogen and oxygen atoms in total. The number of carbonyl (C=O) groups is 1. The lowest BCUT2D eigenvalue weighted by Gasteiger charge is -2.34. The maximum absolute atomic E-state index is 13.8. The van der Waals surface area contributed by atoms with Crippen LogP contribution in [0.2, 0.25) is 0 Å². The highest BCUT2D eigenvalue weighted by Gasteiger charge is 2.29. The van der Waals surface area contributed by atoms with Crippen LogP contribution in [-0.4, -0.2) is 49.5 Å². The van der Waals surface area contributed by atoms with Crippen molar-refractivity contribution in [1.29, 1.82) is 0 Å². The van der Waals surface area contributed by atoms with Crippen molar-refractivity contribution in [1.82, 2.24) is 24.0 Å². The van der Waals surface area contributed by atoms with Gasteiger partial charge in [-0.25, -0.2) is 18.4 Å². The molecular formula is C29H38F2N6O4. The van der Waals surface area contributed by atoms with Crippen LogP contribution in [0.15, 0.2) is 39.4 Å². The quantitative estimate of drug-likeness (QED) is 0.431. The summed E-state index contributed by atoms with van der Waals surface area (Å²) in [6.07, 6.45) is 3.10. The van der Waals surface area contributed by atoms with Gasteiger partial charge in [-0.05, 0) is 71.6 Å². The average Bonchev–Trinajstić information content (AvgIpc) is 3.24. The molecular weight excluding hydrogens is 534 g/mol. The third kappa shape index (κ3) is 7.04. The molecule has 1 fully saturated rings. The van der Waals surface area contributed by atoms with Crippen LogP contribution in [0.25, 0.3) is 11.2 Å². The number of ether oxygens (including phenoxy) is 1. The zero-order valence-corrected chi connectivity index (χ0v) is 24.5. The van der Waals surface area contributed by atoms with Gasteiger partial charge >= 0.3 is 11.8 Å². The number of nitrogens with zero attached hydrogens (tertiary/aromatic N) is 5. The molecule has 1 aliphatic heterocycles. The van der Waals surface area contributed by atoms with Crippen LogP contribution in [0.3, 0.4) is 0 Å². The second kappa shape index (κ2) is 11.9. The van der Waals surface area contributed by atoms with Crippen molar-refractivity contribution >= 4 is 23.2 Å². The Kier molecular flexibility index (Phi) is 8.69. The fraction of sp³-hybridized carbons (Fsp3) is 0.517. The Bertz CT molecular complexity index is 1570. The highest BCUT2D eigenvalue weighted by atomic mass is 19.1. The van der Waals surface area contributed by atoms with Crippen LogP contribution in [-0.2, 0) is 31.3 Å². The van der Waals surface area contributed by atoms with Gasteiger partial charge in [0.05, 0.1) is 0 Å². The number of halogens is 2. The van der Waals surface area contributed by atoms with Crippen molar-refractivity contribution in [3.8, 4) is 0 Å². The molecule has 41 heavy (non-hydrogen) atoms. The van der Waals surface area contributed by atoms with Gasteiger partial charge in [-0.15, -0.1) is 0 Å². The van der Waals surface area contributed by atoms with Crippen LogP contribution >= 0.6 is 0 Å². The zero-order chi connectivity index (χ0) is 30.1. The molecule has 2 aromatic heterocycles. The fourth-order valence-electron chi connectivity index (χ4n) is 4.99. The predicted molar refractivity (Wildman–Crippen MR) is 153 cm³/mol. The standard InChI is InChI=1S/C29H38F2N6O4/c1-18(2)9-12-36-23-24(33-26(36)35-11-7-8-22(17-35)32-27(39)41-29(3,4)5)34(6)28(40)37(25(23)38)13-10-19-14-20(30)16-21(31)15-19/h9,14-16,22H,7-8,10-13,17H2,1-6H3,(H,32,39). The number of piperidine rings is 1. The molecule has 3 aromatic rings. The number of hydrogen-bond donors (Lipinski definition) is 1. The van der Waals surface area contributed by atoms with Crippen molar-refractivity contribution in [2.45, 2.75) is 78.6 Å². The van der Waals surface area contributed by atoms with Crippen LogP contribution in [0.4, 0.5) is 19.5 Å². The number of hydrogen-bond acceptors (Lipinski definition) is 6. The first-order valence-corrected chi connectivity index (χ1v) is 13.8. The van der Waals surface area contributed by atoms with Crippen molar-refractivity contribution < 1.29 is 18.3 Å². The number of amides is 1. The number of aryl methyl sites for hydroxylation is 2. The summed E-state index contributed by atoms with van der Waals surface area (Å²) in [6, 6.07) is 2.96. The summed E-state index contributed by atoms with van der Waals surface area (Å²) in [5.74, 6) is -0.924. The molecule has 0 spiro atoms. The van der Waals surface area contributed by atoms with Crippen LogP contribution in [0.1, 0.15) is 53.0 Å². The number of carbonyl (C=O) groups excluding carboxylic acids is 1. The molecule has 0 aliphatic carbocycles. The predicted octanol–water partition coefficient (Wildman–Crippen LogP) is 3.88. The van der Waals surface area contributed by atoms with Gasteiger partial charge in [0.25, 0.3) is 5.56 Å². The Hall–Kier alpha value is -3.96. The number of imidazole rings is 1. The lowest BCUT2D eigenvalue weighted by Crippen LogP contribution is -2.49. The molecule has 1 atom stereocenters. The molecule has 0 radical (unpaired) electrons. The molecule has 1 unspecified atom stereocenters. The van der Waals surface area contributed by atoms with E-state index < -0.39 is 34.6 Å². The highest BCUT2D eigenvalue weighted by Crippen LogP contribution is 2.24. The number of fused-ring (bicyclic) bond motifs is 1. The normalized spacial score (nSPS) is 15.7. The van der Waals surface area contributed by atoms with Gasteiger partial charge in [-0.2, -0.15) is 4.98 Å². The lowest BCUT2D eigenvalue weighted by molar-refractivity contribution is 0.0499. The van der Waals surface area contributed by atoms with Crippen molar-refractivity contribution in [2.24, 2.45) is 7.05 Å². The molecule has 4 rings (SSSR count). The molecule has 0 bridgehead atoms. The molecule has 1 saturated heterocycles. The summed E-state index contributed by atoms with van der Waals surface area (Å²) in [7, 11) is 1.55. The van der Waals surface area contributed by atoms with E-state index >= 15 is 0 Å². The van der Waals surface area contributed by atoms with Gasteiger partial charge in [0.15, 0.2) is 11.2 Å². The van der Waals surface area contributed by atoms with E-state index in [2.05, 4.69) is 5.32 Å². The smallest absolute Gasteiger partial charge is 0.407 e. The van der Waals surface area contributed by atoms with E-state index in [0.29, 0.717) is 31.1 Å². The van der Waals surface area contributed by atoms with Gasteiger partial charge in [0, 0.05) is 45.3 Å². The van der Waals surface area contributed by atoms with E-state index in [9.17, 15) is 23.2 Å². The number of aromatic nitrogens is 4. The average molecular weight is 573 g/mol. The molecule has 0 saturated carbocycles. The summed E-state index contributed by atoms with van der Waals surface area (Å²) in [6.45, 7) is 10.7. The second-order valence-electron chi connectivity index (χ2n) is 11.7. The van der Waals surface area contributed by atoms with E-state index in [1.165, 1.54) is 16.7 Å². The molecule has 222 valence electrons. The third-order valence-corrected chi connectivity index (χ3v) is 6.87. The van der Waals surface area contributed by atoms with E-state index in [4.69, 9.17) is 9.72 Å². The number of nitrogens with one attached hydrogen (secondary N) is 1. The van der Waals surface area contributed by atoms with Gasteiger partial charge in [0.1, 0.15) is 17.2 Å². The van der Waals surface area contributed by atoms with Gasteiger partial charge in [-0.3, -0.25) is 13.9 Å². The number of benzene rings is 1. The Morgan fingerprint density at radius 2 is 1.83 bits per heavy atom. The molecule has 1 N–H and O–H groups in total. The van der Waals surface area contributed by atoms with E-state index in [1.807, 2.05) is 24.8 Å². The summed E-state index contributed by atoms with van der Waals surface area (Å²) in [5, 5.41) is 2.93. The van der Waals surface area contributed by atoms with Crippen LogP contribution in [0, 0.1) is 11.6 Å². The van der Waals surface area contributed by atoms with Gasteiger partial charge in [-0.1, -0.05) is 11.6 Å². The maximum Gasteiger partial charge on any atom is 0.407 e. The summed E-state index contributed by atoms with van der Waals surface area (Å²) < 4.78 is 37.0. The first-order chi connectivity index (χ1) is 19.2. The molecule has 1 aliphatic rings. The SMILES string of the molecule is CC(C)=CCn1c(N2CCCC(NC(=O)OC(C)(C)C)C2)nc2c1c(=O)n(CCc1cc(F)cc(F)c1)c(=O)n2C. The molecule has 12 heteroatoms. The number of rotatable bonds is 7. The Labute approximate surface area is 237 Å². The van der Waals surface area contributed by atoms with Gasteiger partial charge in [0.2, 0.25) is 5.95 Å². The first-order valence-electron chi connectivity index (χ1n) is 13.8. The summed E-state index contributed by atoms with van der Waals surface area (Å²) in [5.41, 5.74) is 0.165. The number of allylic oxidation sites excluding steroid dienone is 2. The Morgan fingerprint density at radius 1 is 1.15 bits per heavy atom. The van der Waals surface area contributed by atoms with Crippen LogP contribution < -0.4 is 21.5 Å². The summed E-state index contributed by atoms with van der Waals surface area (Å²) >= 11 is 0. The third-order valence-electron chi connectivity index (χ3n) is 6.87. The Balaban J connectivity index is 1.73. The Morgan fingerprint density at radius 3 is 2.46 bits per heavy atom. The van der Waals surface area contributed by atoms with E-state index in [-0.39, 0.29) is 30.2 Å². The molecule has 3 heterocycles. The minimum Gasteiger partial charge on any atom is -0.444 e. The minimum atomic E-state index is -0.721. The molecule has 1 aromatic carbocycles. The van der Waals surface area contributed by atoms with Crippen molar-refractivity contribution in [3.05, 3.63) is 67.9 Å². The largest absolute Gasteiger partial charge is 0.444 e. The summed E-state index contributed by atoms with van der Waals surface area (Å²) in [4.78, 5) is 46.2. The maximum atomic E-state index is 13.8. The topological polar surface area (TPSA) is 103 Å². The minimum absolute atomic E-state index is 0.0565. The van der Waals surface area contributed by atoms with Crippen LogP contribution in [0.5, 0.6) is 0 Å². The number of alkyl carbamates (subject to hydrolysis) is 1. The molecule has 1 amide bonds. The van der Waals surface area contributed by atoms with Crippen molar-refractivity contribution in [3.63, 3.8) is 0 Å². The lowest BCUT2D eigenvalue weighted by atomic mass is 10.1. The fourth-order valence-corrected chi connectivity index (χ4v) is 4.99. The van der Waals surface area contributed by atoms with Gasteiger partial charge < -0.3 is 19.5 Å². The monoisotopic (exact) mass is 572 g/mol.